The molecule has 29 heavy (non-hydrogen) atoms. The van der Waals surface area contributed by atoms with Crippen LogP contribution in [0.25, 0.3) is 0 Å². The van der Waals surface area contributed by atoms with Gasteiger partial charge in [0.25, 0.3) is 0 Å². The lowest BCUT2D eigenvalue weighted by Gasteiger charge is -2.25. The second kappa shape index (κ2) is 9.89. The van der Waals surface area contributed by atoms with Crippen molar-refractivity contribution in [2.24, 2.45) is 4.99 Å². The molecule has 6 nitrogen and oxygen atoms in total. The molecule has 1 saturated heterocycles. The molecule has 1 heterocycles. The maximum absolute atomic E-state index is 12.7. The van der Waals surface area contributed by atoms with Gasteiger partial charge in [0, 0.05) is 26.7 Å². The number of nitrogens with zero attached hydrogens (tertiary/aromatic N) is 2. The number of guanidine groups is 1. The van der Waals surface area contributed by atoms with Crippen molar-refractivity contribution in [3.63, 3.8) is 0 Å². The van der Waals surface area contributed by atoms with Crippen LogP contribution in [0.2, 0.25) is 0 Å². The van der Waals surface area contributed by atoms with Gasteiger partial charge >= 0.3 is 0 Å². The first-order chi connectivity index (χ1) is 14.0. The zero-order valence-corrected chi connectivity index (χ0v) is 18.0. The molecular weight excluding hydrogens is 384 g/mol. The van der Waals surface area contributed by atoms with Gasteiger partial charge in [-0.25, -0.2) is 8.42 Å². The minimum atomic E-state index is -3.38. The monoisotopic (exact) mass is 414 g/mol. The summed E-state index contributed by atoms with van der Waals surface area (Å²) in [5, 5.41) is 6.66. The second-order valence-corrected chi connectivity index (χ2v) is 9.25. The molecule has 1 atom stereocenters. The molecule has 0 saturated carbocycles. The fourth-order valence-corrected chi connectivity index (χ4v) is 4.96. The van der Waals surface area contributed by atoms with Crippen LogP contribution >= 0.6 is 0 Å². The highest BCUT2D eigenvalue weighted by atomic mass is 32.2. The van der Waals surface area contributed by atoms with Crippen LogP contribution < -0.4 is 10.6 Å². The van der Waals surface area contributed by atoms with Crippen molar-refractivity contribution in [3.8, 4) is 0 Å². The Hall–Kier alpha value is -2.38. The van der Waals surface area contributed by atoms with E-state index >= 15 is 0 Å². The molecule has 156 valence electrons. The third-order valence-corrected chi connectivity index (χ3v) is 7.13. The lowest BCUT2D eigenvalue weighted by Crippen LogP contribution is -2.38. The topological polar surface area (TPSA) is 73.8 Å². The maximum atomic E-state index is 12.7. The molecule has 0 aromatic heterocycles. The predicted molar refractivity (Wildman–Crippen MR) is 117 cm³/mol. The van der Waals surface area contributed by atoms with Gasteiger partial charge in [-0.2, -0.15) is 4.31 Å². The lowest BCUT2D eigenvalue weighted by atomic mass is 10.1. The van der Waals surface area contributed by atoms with Gasteiger partial charge in [-0.3, -0.25) is 4.99 Å². The standard InChI is InChI=1S/C22H30N4O2S/c1-18(20-9-5-3-6-10-20)25-22(23-2)24-17-19-11-13-21(14-12-19)29(27,28)26-15-7-4-8-16-26/h3,5-6,9-14,18H,4,7-8,15-17H2,1-2H3,(H2,23,24,25). The van der Waals surface area contributed by atoms with E-state index in [4.69, 9.17) is 0 Å². The van der Waals surface area contributed by atoms with Crippen molar-refractivity contribution in [1.29, 1.82) is 0 Å². The summed E-state index contributed by atoms with van der Waals surface area (Å²) in [5.41, 5.74) is 2.18. The molecule has 1 unspecified atom stereocenters. The number of aliphatic imine (C=N–C) groups is 1. The van der Waals surface area contributed by atoms with Gasteiger partial charge in [0.15, 0.2) is 5.96 Å². The molecule has 2 aromatic carbocycles. The maximum Gasteiger partial charge on any atom is 0.243 e. The van der Waals surface area contributed by atoms with E-state index in [1.807, 2.05) is 30.3 Å². The molecule has 0 radical (unpaired) electrons. The van der Waals surface area contributed by atoms with Crippen LogP contribution in [0.15, 0.2) is 64.5 Å². The van der Waals surface area contributed by atoms with Gasteiger partial charge < -0.3 is 10.6 Å². The molecule has 1 aliphatic heterocycles. The summed E-state index contributed by atoms with van der Waals surface area (Å²) in [7, 11) is -1.65. The molecule has 0 bridgehead atoms. The number of nitrogens with one attached hydrogen (secondary N) is 2. The molecule has 3 rings (SSSR count). The Morgan fingerprint density at radius 2 is 1.69 bits per heavy atom. The largest absolute Gasteiger partial charge is 0.352 e. The summed E-state index contributed by atoms with van der Waals surface area (Å²) in [6, 6.07) is 17.4. The van der Waals surface area contributed by atoms with E-state index in [9.17, 15) is 8.42 Å². The van der Waals surface area contributed by atoms with Gasteiger partial charge in [-0.15, -0.1) is 0 Å². The number of rotatable bonds is 6. The minimum absolute atomic E-state index is 0.125. The third-order valence-electron chi connectivity index (χ3n) is 5.21. The quantitative estimate of drug-likeness (QED) is 0.562. The highest BCUT2D eigenvalue weighted by molar-refractivity contribution is 7.89. The molecule has 1 aliphatic rings. The molecular formula is C22H30N4O2S. The van der Waals surface area contributed by atoms with E-state index < -0.39 is 10.0 Å². The fraction of sp³-hybridized carbons (Fsp3) is 0.409. The van der Waals surface area contributed by atoms with E-state index in [1.165, 1.54) is 5.56 Å². The first-order valence-corrected chi connectivity index (χ1v) is 11.6. The van der Waals surface area contributed by atoms with Crippen LogP contribution in [0.1, 0.15) is 43.4 Å². The molecule has 0 aliphatic carbocycles. The van der Waals surface area contributed by atoms with Gasteiger partial charge in [-0.05, 0) is 43.0 Å². The van der Waals surface area contributed by atoms with Crippen LogP contribution in [0.3, 0.4) is 0 Å². The Morgan fingerprint density at radius 1 is 1.03 bits per heavy atom. The zero-order chi connectivity index (χ0) is 20.7. The van der Waals surface area contributed by atoms with E-state index in [0.29, 0.717) is 30.5 Å². The van der Waals surface area contributed by atoms with Crippen LogP contribution in [0.4, 0.5) is 0 Å². The summed E-state index contributed by atoms with van der Waals surface area (Å²) in [6.45, 7) is 3.88. The predicted octanol–water partition coefficient (Wildman–Crippen LogP) is 3.29. The van der Waals surface area contributed by atoms with Gasteiger partial charge in [0.2, 0.25) is 10.0 Å². The van der Waals surface area contributed by atoms with Crippen LogP contribution in [-0.2, 0) is 16.6 Å². The van der Waals surface area contributed by atoms with Crippen LogP contribution in [0, 0.1) is 0 Å². The highest BCUT2D eigenvalue weighted by Crippen LogP contribution is 2.20. The molecule has 7 heteroatoms. The van der Waals surface area contributed by atoms with Crippen molar-refractivity contribution in [1.82, 2.24) is 14.9 Å². The first-order valence-electron chi connectivity index (χ1n) is 10.1. The first kappa shape index (κ1) is 21.3. The Morgan fingerprint density at radius 3 is 2.31 bits per heavy atom. The number of sulfonamides is 1. The Bertz CT molecular complexity index is 906. The van der Waals surface area contributed by atoms with Crippen molar-refractivity contribution < 1.29 is 8.42 Å². The Labute approximate surface area is 174 Å². The zero-order valence-electron chi connectivity index (χ0n) is 17.1. The van der Waals surface area contributed by atoms with E-state index in [-0.39, 0.29) is 6.04 Å². The van der Waals surface area contributed by atoms with E-state index in [1.54, 1.807) is 23.5 Å². The van der Waals surface area contributed by atoms with Crippen LogP contribution in [-0.4, -0.2) is 38.8 Å². The number of benzene rings is 2. The number of piperidine rings is 1. The SMILES string of the molecule is CN=C(NCc1ccc(S(=O)(=O)N2CCCCC2)cc1)NC(C)c1ccccc1. The van der Waals surface area contributed by atoms with Crippen molar-refractivity contribution in [3.05, 3.63) is 65.7 Å². The lowest BCUT2D eigenvalue weighted by molar-refractivity contribution is 0.346. The van der Waals surface area contributed by atoms with E-state index in [2.05, 4.69) is 34.7 Å². The number of hydrogen-bond acceptors (Lipinski definition) is 3. The second-order valence-electron chi connectivity index (χ2n) is 7.31. The van der Waals surface area contributed by atoms with Crippen molar-refractivity contribution in [2.45, 2.75) is 43.7 Å². The molecule has 1 fully saturated rings. The van der Waals surface area contributed by atoms with Gasteiger partial charge in [0.05, 0.1) is 10.9 Å². The van der Waals surface area contributed by atoms with Crippen molar-refractivity contribution in [2.75, 3.05) is 20.1 Å². The van der Waals surface area contributed by atoms with Crippen LogP contribution in [0.5, 0.6) is 0 Å². The van der Waals surface area contributed by atoms with Gasteiger partial charge in [-0.1, -0.05) is 48.9 Å². The van der Waals surface area contributed by atoms with Gasteiger partial charge in [0.1, 0.15) is 0 Å². The summed E-state index contributed by atoms with van der Waals surface area (Å²) in [4.78, 5) is 4.64. The Kier molecular flexibility index (Phi) is 7.28. The summed E-state index contributed by atoms with van der Waals surface area (Å²) < 4.78 is 27.1. The number of hydrogen-bond donors (Lipinski definition) is 2. The summed E-state index contributed by atoms with van der Waals surface area (Å²) in [5.74, 6) is 0.700. The Balaban J connectivity index is 1.57. The molecule has 0 spiro atoms. The fourth-order valence-electron chi connectivity index (χ4n) is 3.44. The third kappa shape index (κ3) is 5.58. The summed E-state index contributed by atoms with van der Waals surface area (Å²) >= 11 is 0. The molecule has 0 amide bonds. The molecule has 2 N–H and O–H groups in total. The average molecular weight is 415 g/mol. The molecule has 2 aromatic rings. The highest BCUT2D eigenvalue weighted by Gasteiger charge is 2.25. The minimum Gasteiger partial charge on any atom is -0.352 e. The van der Waals surface area contributed by atoms with Crippen molar-refractivity contribution >= 4 is 16.0 Å². The average Bonchev–Trinajstić information content (AvgIpc) is 2.78. The smallest absolute Gasteiger partial charge is 0.243 e. The normalized spacial score (nSPS) is 17.0. The summed E-state index contributed by atoms with van der Waals surface area (Å²) in [6.07, 6.45) is 2.98. The van der Waals surface area contributed by atoms with E-state index in [0.717, 1.165) is 24.8 Å².